The van der Waals surface area contributed by atoms with E-state index in [2.05, 4.69) is 10.1 Å². The zero-order valence-electron chi connectivity index (χ0n) is 8.54. The minimum atomic E-state index is -0.0243. The fourth-order valence-electron chi connectivity index (χ4n) is 1.91. The third-order valence-corrected chi connectivity index (χ3v) is 2.59. The van der Waals surface area contributed by atoms with Gasteiger partial charge in [-0.15, -0.1) is 0 Å². The second-order valence-electron chi connectivity index (χ2n) is 3.69. The van der Waals surface area contributed by atoms with E-state index in [-0.39, 0.29) is 5.78 Å². The molecular weight excluding hydrogens is 180 g/mol. The molecule has 1 aromatic heterocycles. The highest BCUT2D eigenvalue weighted by atomic mass is 16.5. The Balaban J connectivity index is 2.38. The quantitative estimate of drug-likeness (QED) is 0.673. The van der Waals surface area contributed by atoms with Crippen LogP contribution in [0.2, 0.25) is 0 Å². The number of carbonyl (C=O) groups excluding carboxylic acids is 1. The molecule has 0 aromatic carbocycles. The summed E-state index contributed by atoms with van der Waals surface area (Å²) < 4.78 is 5.06. The molecule has 0 amide bonds. The Labute approximate surface area is 82.9 Å². The molecular formula is C10H14N2O2. The van der Waals surface area contributed by atoms with Crippen LogP contribution in [0, 0.1) is 6.92 Å². The lowest BCUT2D eigenvalue weighted by Gasteiger charge is -2.16. The van der Waals surface area contributed by atoms with Gasteiger partial charge < -0.3 is 9.42 Å². The Bertz CT molecular complexity index is 351. The van der Waals surface area contributed by atoms with Gasteiger partial charge in [0.05, 0.1) is 0 Å². The third kappa shape index (κ3) is 1.41. The van der Waals surface area contributed by atoms with Crippen LogP contribution < -0.4 is 4.90 Å². The monoisotopic (exact) mass is 194 g/mol. The average molecular weight is 194 g/mol. The number of ketones is 1. The van der Waals surface area contributed by atoms with Crippen LogP contribution in [0.4, 0.5) is 5.69 Å². The van der Waals surface area contributed by atoms with E-state index in [1.54, 1.807) is 0 Å². The predicted octanol–water partition coefficient (Wildman–Crippen LogP) is 1.79. The number of aryl methyl sites for hydroxylation is 1. The van der Waals surface area contributed by atoms with Crippen LogP contribution in [0.15, 0.2) is 4.52 Å². The summed E-state index contributed by atoms with van der Waals surface area (Å²) in [6.45, 7) is 5.38. The van der Waals surface area contributed by atoms with Gasteiger partial charge in [-0.3, -0.25) is 4.79 Å². The molecule has 1 aliphatic heterocycles. The largest absolute Gasteiger partial charge is 0.367 e. The molecule has 76 valence electrons. The van der Waals surface area contributed by atoms with Crippen LogP contribution in [0.1, 0.15) is 36.0 Å². The fraction of sp³-hybridized carbons (Fsp3) is 0.600. The van der Waals surface area contributed by atoms with Crippen LogP contribution in [-0.4, -0.2) is 24.0 Å². The number of hydrogen-bond donors (Lipinski definition) is 0. The molecule has 0 spiro atoms. The maximum atomic E-state index is 11.3. The first-order valence-electron chi connectivity index (χ1n) is 4.92. The van der Waals surface area contributed by atoms with Crippen molar-refractivity contribution in [1.82, 2.24) is 5.16 Å². The second kappa shape index (κ2) is 3.44. The number of nitrogens with zero attached hydrogens (tertiary/aromatic N) is 2. The highest BCUT2D eigenvalue weighted by Crippen LogP contribution is 2.28. The van der Waals surface area contributed by atoms with Gasteiger partial charge in [0.15, 0.2) is 17.2 Å². The van der Waals surface area contributed by atoms with E-state index >= 15 is 0 Å². The van der Waals surface area contributed by atoms with Crippen LogP contribution in [-0.2, 0) is 0 Å². The average Bonchev–Trinajstić information content (AvgIpc) is 2.71. The van der Waals surface area contributed by atoms with E-state index in [1.165, 1.54) is 19.8 Å². The van der Waals surface area contributed by atoms with Crippen molar-refractivity contribution in [3.63, 3.8) is 0 Å². The van der Waals surface area contributed by atoms with Crippen molar-refractivity contribution in [3.8, 4) is 0 Å². The summed E-state index contributed by atoms with van der Waals surface area (Å²) in [6, 6.07) is 0. The van der Waals surface area contributed by atoms with Gasteiger partial charge in [0.25, 0.3) is 0 Å². The molecule has 2 rings (SSSR count). The van der Waals surface area contributed by atoms with Crippen molar-refractivity contribution in [1.29, 1.82) is 0 Å². The first-order chi connectivity index (χ1) is 6.70. The van der Waals surface area contributed by atoms with Crippen LogP contribution in [0.5, 0.6) is 0 Å². The van der Waals surface area contributed by atoms with Crippen molar-refractivity contribution < 1.29 is 9.32 Å². The molecule has 0 N–H and O–H groups in total. The molecule has 2 heterocycles. The minimum absolute atomic E-state index is 0.0243. The SMILES string of the molecule is CC(=O)c1noc(C)c1N1CCCC1. The van der Waals surface area contributed by atoms with Gasteiger partial charge in [-0.1, -0.05) is 5.16 Å². The zero-order valence-corrected chi connectivity index (χ0v) is 8.54. The van der Waals surface area contributed by atoms with E-state index in [0.29, 0.717) is 5.69 Å². The van der Waals surface area contributed by atoms with Gasteiger partial charge in [0.2, 0.25) is 0 Å². The van der Waals surface area contributed by atoms with Crippen LogP contribution in [0.3, 0.4) is 0 Å². The van der Waals surface area contributed by atoms with E-state index < -0.39 is 0 Å². The van der Waals surface area contributed by atoms with Gasteiger partial charge in [-0.2, -0.15) is 0 Å². The lowest BCUT2D eigenvalue weighted by molar-refractivity contribution is 0.100. The maximum Gasteiger partial charge on any atom is 0.183 e. The molecule has 1 aliphatic rings. The van der Waals surface area contributed by atoms with Crippen LogP contribution >= 0.6 is 0 Å². The second-order valence-corrected chi connectivity index (χ2v) is 3.69. The third-order valence-electron chi connectivity index (χ3n) is 2.59. The molecule has 4 nitrogen and oxygen atoms in total. The van der Waals surface area contributed by atoms with Crippen molar-refractivity contribution in [2.24, 2.45) is 0 Å². The predicted molar refractivity (Wildman–Crippen MR) is 52.7 cm³/mol. The maximum absolute atomic E-state index is 11.3. The molecule has 0 unspecified atom stereocenters. The molecule has 0 aliphatic carbocycles. The van der Waals surface area contributed by atoms with E-state index in [4.69, 9.17) is 4.52 Å². The highest BCUT2D eigenvalue weighted by molar-refractivity contribution is 5.98. The summed E-state index contributed by atoms with van der Waals surface area (Å²) in [5, 5.41) is 3.79. The van der Waals surface area contributed by atoms with Crippen LogP contribution in [0.25, 0.3) is 0 Å². The summed E-state index contributed by atoms with van der Waals surface area (Å²) in [4.78, 5) is 13.5. The number of anilines is 1. The number of Topliss-reactive ketones (excluding diaryl/α,β-unsaturated/α-hetero) is 1. The number of hydrogen-bond acceptors (Lipinski definition) is 4. The van der Waals surface area contributed by atoms with Gasteiger partial charge in [-0.25, -0.2) is 0 Å². The minimum Gasteiger partial charge on any atom is -0.367 e. The Hall–Kier alpha value is -1.32. The van der Waals surface area contributed by atoms with Gasteiger partial charge in [-0.05, 0) is 19.8 Å². The number of aromatic nitrogens is 1. The summed E-state index contributed by atoms with van der Waals surface area (Å²) in [5.74, 6) is 0.723. The fourth-order valence-corrected chi connectivity index (χ4v) is 1.91. The lowest BCUT2D eigenvalue weighted by atomic mass is 10.2. The molecule has 0 saturated carbocycles. The zero-order chi connectivity index (χ0) is 10.1. The molecule has 4 heteroatoms. The van der Waals surface area contributed by atoms with Crippen molar-refractivity contribution >= 4 is 11.5 Å². The molecule has 1 aromatic rings. The molecule has 0 radical (unpaired) electrons. The summed E-state index contributed by atoms with van der Waals surface area (Å²) in [5.41, 5.74) is 1.37. The molecule has 1 fully saturated rings. The highest BCUT2D eigenvalue weighted by Gasteiger charge is 2.24. The van der Waals surface area contributed by atoms with Gasteiger partial charge >= 0.3 is 0 Å². The molecule has 0 bridgehead atoms. The Kier molecular flexibility index (Phi) is 2.27. The Morgan fingerprint density at radius 1 is 1.43 bits per heavy atom. The van der Waals surface area contributed by atoms with Gasteiger partial charge in [0, 0.05) is 20.0 Å². The summed E-state index contributed by atoms with van der Waals surface area (Å²) in [7, 11) is 0. The summed E-state index contributed by atoms with van der Waals surface area (Å²) in [6.07, 6.45) is 2.37. The summed E-state index contributed by atoms with van der Waals surface area (Å²) >= 11 is 0. The van der Waals surface area contributed by atoms with Crippen molar-refractivity contribution in [3.05, 3.63) is 11.5 Å². The van der Waals surface area contributed by atoms with Gasteiger partial charge in [0.1, 0.15) is 5.69 Å². The number of rotatable bonds is 2. The first kappa shape index (κ1) is 9.24. The Morgan fingerprint density at radius 2 is 2.07 bits per heavy atom. The van der Waals surface area contributed by atoms with Crippen molar-refractivity contribution in [2.45, 2.75) is 26.7 Å². The van der Waals surface area contributed by atoms with E-state index in [0.717, 1.165) is 24.5 Å². The van der Waals surface area contributed by atoms with Crippen molar-refractivity contribution in [2.75, 3.05) is 18.0 Å². The molecule has 0 atom stereocenters. The van der Waals surface area contributed by atoms with E-state index in [9.17, 15) is 4.79 Å². The Morgan fingerprint density at radius 3 is 2.64 bits per heavy atom. The first-order valence-corrected chi connectivity index (χ1v) is 4.92. The lowest BCUT2D eigenvalue weighted by Crippen LogP contribution is -2.20. The number of carbonyl (C=O) groups is 1. The standard InChI is InChI=1S/C10H14N2O2/c1-7(13)9-10(8(2)14-11-9)12-5-3-4-6-12/h3-6H2,1-2H3. The topological polar surface area (TPSA) is 46.3 Å². The van der Waals surface area contributed by atoms with E-state index in [1.807, 2.05) is 6.92 Å². The normalized spacial score (nSPS) is 16.3. The molecule has 1 saturated heterocycles. The smallest absolute Gasteiger partial charge is 0.183 e. The molecule has 14 heavy (non-hydrogen) atoms.